The zero-order chi connectivity index (χ0) is 13.2. The van der Waals surface area contributed by atoms with Crippen molar-refractivity contribution in [3.05, 3.63) is 48.0 Å². The van der Waals surface area contributed by atoms with Crippen molar-refractivity contribution < 1.29 is 4.74 Å². The van der Waals surface area contributed by atoms with E-state index in [0.717, 1.165) is 29.4 Å². The lowest BCUT2D eigenvalue weighted by molar-refractivity contribution is 0.268. The molecule has 4 nitrogen and oxygen atoms in total. The Kier molecular flexibility index (Phi) is 3.07. The molecule has 0 N–H and O–H groups in total. The Labute approximate surface area is 113 Å². The van der Waals surface area contributed by atoms with Crippen LogP contribution in [0, 0.1) is 6.92 Å². The van der Waals surface area contributed by atoms with Gasteiger partial charge in [-0.2, -0.15) is 0 Å². The van der Waals surface area contributed by atoms with E-state index < -0.39 is 0 Å². The minimum Gasteiger partial charge on any atom is -0.489 e. The number of fused-ring (bicyclic) bond motifs is 1. The average Bonchev–Trinajstić information content (AvgIpc) is 2.44. The zero-order valence-electron chi connectivity index (χ0n) is 11.2. The predicted molar refractivity (Wildman–Crippen MR) is 74.4 cm³/mol. The Morgan fingerprint density at radius 3 is 2.89 bits per heavy atom. The first-order valence-electron chi connectivity index (χ1n) is 6.50. The maximum atomic E-state index is 5.75. The number of aromatic nitrogens is 2. The summed E-state index contributed by atoms with van der Waals surface area (Å²) in [5, 5.41) is 0. The predicted octanol–water partition coefficient (Wildman–Crippen LogP) is 2.57. The molecule has 1 atom stereocenters. The van der Waals surface area contributed by atoms with Gasteiger partial charge in [0.1, 0.15) is 12.4 Å². The molecule has 1 aliphatic rings. The highest BCUT2D eigenvalue weighted by molar-refractivity contribution is 5.60. The molecule has 1 aliphatic heterocycles. The summed E-state index contributed by atoms with van der Waals surface area (Å²) in [4.78, 5) is 11.1. The van der Waals surface area contributed by atoms with Crippen molar-refractivity contribution >= 4 is 5.69 Å². The van der Waals surface area contributed by atoms with Crippen LogP contribution in [0.15, 0.2) is 36.7 Å². The molecule has 0 saturated carbocycles. The number of benzene rings is 1. The van der Waals surface area contributed by atoms with E-state index in [1.165, 1.54) is 0 Å². The van der Waals surface area contributed by atoms with E-state index in [1.807, 2.05) is 37.5 Å². The number of rotatable bonds is 2. The van der Waals surface area contributed by atoms with Crippen LogP contribution in [0.4, 0.5) is 5.69 Å². The van der Waals surface area contributed by atoms with Crippen molar-refractivity contribution in [2.24, 2.45) is 0 Å². The van der Waals surface area contributed by atoms with Gasteiger partial charge in [-0.05, 0) is 26.0 Å². The van der Waals surface area contributed by atoms with Gasteiger partial charge < -0.3 is 9.64 Å². The normalized spacial score (nSPS) is 17.8. The van der Waals surface area contributed by atoms with Crippen molar-refractivity contribution in [2.45, 2.75) is 26.4 Å². The molecule has 2 heterocycles. The molecular weight excluding hydrogens is 238 g/mol. The van der Waals surface area contributed by atoms with E-state index in [9.17, 15) is 0 Å². The lowest BCUT2D eigenvalue weighted by Crippen LogP contribution is -2.40. The summed E-state index contributed by atoms with van der Waals surface area (Å²) in [6.07, 6.45) is 3.66. The smallest absolute Gasteiger partial charge is 0.142 e. The van der Waals surface area contributed by atoms with Crippen molar-refractivity contribution in [1.29, 1.82) is 0 Å². The summed E-state index contributed by atoms with van der Waals surface area (Å²) >= 11 is 0. The standard InChI is InChI=1S/C15H17N3O/c1-11-7-17-13(8-16-11)9-18-12(2)10-19-15-6-4-3-5-14(15)18/h3-8,12H,9-10H2,1-2H3/t12-/m0/s1. The minimum absolute atomic E-state index is 0.331. The maximum Gasteiger partial charge on any atom is 0.142 e. The summed E-state index contributed by atoms with van der Waals surface area (Å²) in [5.74, 6) is 0.945. The molecule has 0 unspecified atom stereocenters. The summed E-state index contributed by atoms with van der Waals surface area (Å²) < 4.78 is 5.75. The van der Waals surface area contributed by atoms with Gasteiger partial charge in [-0.3, -0.25) is 9.97 Å². The number of nitrogens with zero attached hydrogens (tertiary/aromatic N) is 3. The molecule has 0 amide bonds. The molecule has 0 radical (unpaired) electrons. The van der Waals surface area contributed by atoms with E-state index in [1.54, 1.807) is 0 Å². The topological polar surface area (TPSA) is 38.2 Å². The van der Waals surface area contributed by atoms with Crippen LogP contribution in [0.3, 0.4) is 0 Å². The third-order valence-corrected chi connectivity index (χ3v) is 3.35. The van der Waals surface area contributed by atoms with Crippen LogP contribution in [0.25, 0.3) is 0 Å². The second-order valence-electron chi connectivity index (χ2n) is 4.90. The number of ether oxygens (including phenoxy) is 1. The Balaban J connectivity index is 1.89. The van der Waals surface area contributed by atoms with E-state index in [0.29, 0.717) is 12.6 Å². The van der Waals surface area contributed by atoms with Gasteiger partial charge >= 0.3 is 0 Å². The summed E-state index contributed by atoms with van der Waals surface area (Å²) in [5.41, 5.74) is 3.05. The molecule has 0 fully saturated rings. The molecule has 0 saturated heterocycles. The van der Waals surface area contributed by atoms with Crippen molar-refractivity contribution in [3.8, 4) is 5.75 Å². The Morgan fingerprint density at radius 2 is 2.11 bits per heavy atom. The van der Waals surface area contributed by atoms with Gasteiger partial charge in [0.2, 0.25) is 0 Å². The molecule has 1 aromatic heterocycles. The van der Waals surface area contributed by atoms with Crippen LogP contribution in [0.5, 0.6) is 5.75 Å². The highest BCUT2D eigenvalue weighted by Gasteiger charge is 2.24. The average molecular weight is 255 g/mol. The van der Waals surface area contributed by atoms with Gasteiger partial charge in [0.15, 0.2) is 0 Å². The molecule has 1 aromatic carbocycles. The summed E-state index contributed by atoms with van der Waals surface area (Å²) in [6.45, 7) is 5.58. The van der Waals surface area contributed by atoms with Crippen LogP contribution >= 0.6 is 0 Å². The highest BCUT2D eigenvalue weighted by Crippen LogP contribution is 2.34. The largest absolute Gasteiger partial charge is 0.489 e. The third kappa shape index (κ3) is 2.38. The molecule has 19 heavy (non-hydrogen) atoms. The van der Waals surface area contributed by atoms with E-state index in [4.69, 9.17) is 4.74 Å². The lowest BCUT2D eigenvalue weighted by Gasteiger charge is -2.36. The Morgan fingerprint density at radius 1 is 1.26 bits per heavy atom. The maximum absolute atomic E-state index is 5.75. The van der Waals surface area contributed by atoms with E-state index >= 15 is 0 Å². The van der Waals surface area contributed by atoms with Crippen LogP contribution in [0.1, 0.15) is 18.3 Å². The van der Waals surface area contributed by atoms with Crippen molar-refractivity contribution in [3.63, 3.8) is 0 Å². The minimum atomic E-state index is 0.331. The molecular formula is C15H17N3O. The van der Waals surface area contributed by atoms with Crippen LogP contribution in [0.2, 0.25) is 0 Å². The first kappa shape index (κ1) is 12.0. The second-order valence-corrected chi connectivity index (χ2v) is 4.90. The molecule has 3 rings (SSSR count). The number of aryl methyl sites for hydroxylation is 1. The molecule has 98 valence electrons. The fourth-order valence-electron chi connectivity index (χ4n) is 2.27. The third-order valence-electron chi connectivity index (χ3n) is 3.35. The van der Waals surface area contributed by atoms with Crippen LogP contribution in [-0.2, 0) is 6.54 Å². The van der Waals surface area contributed by atoms with Gasteiger partial charge in [0.05, 0.1) is 35.9 Å². The van der Waals surface area contributed by atoms with Crippen LogP contribution < -0.4 is 9.64 Å². The fourth-order valence-corrected chi connectivity index (χ4v) is 2.27. The quantitative estimate of drug-likeness (QED) is 0.826. The molecule has 0 bridgehead atoms. The van der Waals surface area contributed by atoms with Crippen LogP contribution in [-0.4, -0.2) is 22.6 Å². The van der Waals surface area contributed by atoms with Gasteiger partial charge in [-0.25, -0.2) is 0 Å². The first-order chi connectivity index (χ1) is 9.24. The fraction of sp³-hybridized carbons (Fsp3) is 0.333. The van der Waals surface area contributed by atoms with Gasteiger partial charge in [-0.1, -0.05) is 12.1 Å². The van der Waals surface area contributed by atoms with E-state index in [-0.39, 0.29) is 0 Å². The summed E-state index contributed by atoms with van der Waals surface area (Å²) in [7, 11) is 0. The lowest BCUT2D eigenvalue weighted by atomic mass is 10.1. The van der Waals surface area contributed by atoms with E-state index in [2.05, 4.69) is 27.9 Å². The first-order valence-corrected chi connectivity index (χ1v) is 6.50. The number of anilines is 1. The van der Waals surface area contributed by atoms with Crippen molar-refractivity contribution in [2.75, 3.05) is 11.5 Å². The van der Waals surface area contributed by atoms with Gasteiger partial charge in [0.25, 0.3) is 0 Å². The number of hydrogen-bond acceptors (Lipinski definition) is 4. The molecule has 0 spiro atoms. The van der Waals surface area contributed by atoms with Gasteiger partial charge in [-0.15, -0.1) is 0 Å². The number of hydrogen-bond donors (Lipinski definition) is 0. The second kappa shape index (κ2) is 4.88. The van der Waals surface area contributed by atoms with Gasteiger partial charge in [0, 0.05) is 6.20 Å². The monoisotopic (exact) mass is 255 g/mol. The van der Waals surface area contributed by atoms with Crippen molar-refractivity contribution in [1.82, 2.24) is 9.97 Å². The zero-order valence-corrected chi connectivity index (χ0v) is 11.2. The Bertz CT molecular complexity index is 568. The SMILES string of the molecule is Cc1cnc(CN2c3ccccc3OC[C@@H]2C)cn1. The number of para-hydroxylation sites is 2. The molecule has 0 aliphatic carbocycles. The molecule has 4 heteroatoms. The summed E-state index contributed by atoms with van der Waals surface area (Å²) in [6, 6.07) is 8.46. The molecule has 2 aromatic rings. The Hall–Kier alpha value is -2.10. The highest BCUT2D eigenvalue weighted by atomic mass is 16.5.